The molecule has 7 nitrogen and oxygen atoms in total. The van der Waals surface area contributed by atoms with Gasteiger partial charge in [-0.05, 0) is 61.1 Å². The summed E-state index contributed by atoms with van der Waals surface area (Å²) < 4.78 is 52.5. The highest BCUT2D eigenvalue weighted by atomic mass is 19.4. The van der Waals surface area contributed by atoms with Crippen molar-refractivity contribution in [3.05, 3.63) is 77.4 Å². The number of ether oxygens (including phenoxy) is 2. The molecule has 1 spiro atoms. The Morgan fingerprint density at radius 3 is 2.76 bits per heavy atom. The molecular weight excluding hydrogens is 549 g/mol. The van der Waals surface area contributed by atoms with E-state index in [9.17, 15) is 27.9 Å². The number of carbonyl (C=O) groups excluding carboxylic acids is 2. The van der Waals surface area contributed by atoms with Crippen LogP contribution in [0.4, 0.5) is 13.2 Å². The average molecular weight is 583 g/mol. The number of phenols is 1. The average Bonchev–Trinajstić information content (AvgIpc) is 3.29. The second-order valence-electron chi connectivity index (χ2n) is 11.7. The predicted molar refractivity (Wildman–Crippen MR) is 149 cm³/mol. The summed E-state index contributed by atoms with van der Waals surface area (Å²) in [5.41, 5.74) is -0.401. The zero-order valence-electron chi connectivity index (χ0n) is 23.5. The lowest BCUT2D eigenvalue weighted by atomic mass is 9.48. The normalized spacial score (nSPS) is 29.5. The van der Waals surface area contributed by atoms with Crippen molar-refractivity contribution in [2.75, 3.05) is 20.1 Å². The summed E-state index contributed by atoms with van der Waals surface area (Å²) in [6.45, 7) is 6.64. The Bertz CT molecular complexity index is 1490. The Morgan fingerprint density at radius 1 is 1.26 bits per heavy atom. The molecule has 1 saturated heterocycles. The molecule has 222 valence electrons. The quantitative estimate of drug-likeness (QED) is 0.298. The molecule has 0 aromatic heterocycles. The van der Waals surface area contributed by atoms with Gasteiger partial charge in [0.2, 0.25) is 5.91 Å². The minimum absolute atomic E-state index is 0.00149. The zero-order valence-corrected chi connectivity index (χ0v) is 23.5. The maximum atomic E-state index is 13.5. The van der Waals surface area contributed by atoms with Crippen molar-refractivity contribution in [1.29, 1.82) is 0 Å². The summed E-state index contributed by atoms with van der Waals surface area (Å²) >= 11 is 0. The Labute approximate surface area is 242 Å². The Hall–Kier alpha value is -3.79. The number of aromatic hydroxyl groups is 1. The van der Waals surface area contributed by atoms with E-state index in [2.05, 4.69) is 11.5 Å². The molecule has 10 heteroatoms. The van der Waals surface area contributed by atoms with E-state index < -0.39 is 46.8 Å². The van der Waals surface area contributed by atoms with Gasteiger partial charge < -0.3 is 19.5 Å². The molecule has 2 aromatic carbocycles. The van der Waals surface area contributed by atoms with Gasteiger partial charge in [0.1, 0.15) is 11.7 Å². The third kappa shape index (κ3) is 4.06. The van der Waals surface area contributed by atoms with Crippen LogP contribution in [0.3, 0.4) is 0 Å². The van der Waals surface area contributed by atoms with Crippen molar-refractivity contribution < 1.29 is 37.3 Å². The van der Waals surface area contributed by atoms with Gasteiger partial charge in [0.05, 0.1) is 23.1 Å². The van der Waals surface area contributed by atoms with Gasteiger partial charge in [0, 0.05) is 38.7 Å². The number of piperidine rings is 1. The Kier molecular flexibility index (Phi) is 6.68. The molecule has 2 heterocycles. The van der Waals surface area contributed by atoms with E-state index in [1.54, 1.807) is 18.0 Å². The number of nitrogens with zero attached hydrogens (tertiary/aromatic N) is 2. The molecule has 2 aromatic rings. The minimum Gasteiger partial charge on any atom is -0.504 e. The Morgan fingerprint density at radius 2 is 2.05 bits per heavy atom. The second kappa shape index (κ2) is 9.90. The lowest BCUT2D eigenvalue weighted by Crippen LogP contribution is -2.79. The first kappa shape index (κ1) is 28.3. The highest BCUT2D eigenvalue weighted by molar-refractivity contribution is 5.92. The molecule has 2 aliphatic heterocycles. The number of esters is 1. The third-order valence-corrected chi connectivity index (χ3v) is 9.67. The van der Waals surface area contributed by atoms with Gasteiger partial charge in [-0.25, -0.2) is 0 Å². The van der Waals surface area contributed by atoms with Gasteiger partial charge >= 0.3 is 12.1 Å². The van der Waals surface area contributed by atoms with Gasteiger partial charge in [-0.1, -0.05) is 24.3 Å². The van der Waals surface area contributed by atoms with Crippen LogP contribution in [0.5, 0.6) is 11.5 Å². The SMILES string of the molecule is C=CCN1CC[C@]23c4c5ccc(O)c4O[C@H]2[C@@H](N(C)C(=O)C=Cc2cccc(C(F)(F)F)c2)CC[C@@]3(OC(C)=O)[C@H]1C5. The van der Waals surface area contributed by atoms with Gasteiger partial charge in [0.25, 0.3) is 0 Å². The van der Waals surface area contributed by atoms with Gasteiger partial charge in [-0.15, -0.1) is 6.58 Å². The first-order valence-corrected chi connectivity index (χ1v) is 14.1. The topological polar surface area (TPSA) is 79.3 Å². The number of phenolic OH excluding ortho intramolecular Hbond substituents is 1. The van der Waals surface area contributed by atoms with Crippen LogP contribution in [0.25, 0.3) is 6.08 Å². The minimum atomic E-state index is -4.49. The van der Waals surface area contributed by atoms with E-state index in [1.165, 1.54) is 31.2 Å². The molecule has 2 fully saturated rings. The summed E-state index contributed by atoms with van der Waals surface area (Å²) in [5, 5.41) is 10.9. The van der Waals surface area contributed by atoms with Gasteiger partial charge in [0.15, 0.2) is 11.5 Å². The van der Waals surface area contributed by atoms with E-state index in [4.69, 9.17) is 9.47 Å². The van der Waals surface area contributed by atoms with Crippen molar-refractivity contribution in [3.8, 4) is 11.5 Å². The molecule has 0 unspecified atom stereocenters. The largest absolute Gasteiger partial charge is 0.504 e. The third-order valence-electron chi connectivity index (χ3n) is 9.67. The number of rotatable bonds is 6. The first-order valence-electron chi connectivity index (χ1n) is 14.1. The summed E-state index contributed by atoms with van der Waals surface area (Å²) in [5.74, 6) is -0.424. The maximum absolute atomic E-state index is 13.5. The predicted octanol–water partition coefficient (Wildman–Crippen LogP) is 4.86. The maximum Gasteiger partial charge on any atom is 0.416 e. The number of carbonyl (C=O) groups is 2. The summed E-state index contributed by atoms with van der Waals surface area (Å²) in [6.07, 6.45) is 1.50. The lowest BCUT2D eigenvalue weighted by Gasteiger charge is -2.65. The van der Waals surface area contributed by atoms with Crippen molar-refractivity contribution >= 4 is 18.0 Å². The van der Waals surface area contributed by atoms with Crippen molar-refractivity contribution in [2.24, 2.45) is 0 Å². The van der Waals surface area contributed by atoms with Crippen LogP contribution < -0.4 is 4.74 Å². The van der Waals surface area contributed by atoms with Crippen molar-refractivity contribution in [3.63, 3.8) is 0 Å². The van der Waals surface area contributed by atoms with Gasteiger partial charge in [-0.2, -0.15) is 13.2 Å². The molecule has 2 bridgehead atoms. The highest BCUT2D eigenvalue weighted by Crippen LogP contribution is 2.67. The molecule has 0 radical (unpaired) electrons. The second-order valence-corrected chi connectivity index (χ2v) is 11.7. The van der Waals surface area contributed by atoms with Crippen LogP contribution in [0, 0.1) is 0 Å². The van der Waals surface area contributed by atoms with Gasteiger partial charge in [-0.3, -0.25) is 14.5 Å². The molecule has 42 heavy (non-hydrogen) atoms. The summed E-state index contributed by atoms with van der Waals surface area (Å²) in [4.78, 5) is 30.0. The number of hydrogen-bond donors (Lipinski definition) is 1. The standard InChI is InChI=1S/C32H33F3N2O5/c1-4-15-37-16-14-30-27-21-9-10-24(39)28(27)41-29(30)23(12-13-31(30,25(37)18-21)42-19(2)38)36(3)26(40)11-8-20-6-5-7-22(17-20)32(33,34)35/h4-11,17,23,25,29,39H,1,12-16,18H2,2-3H3/t23-,25+,29-,30-,31+/m0/s1. The monoisotopic (exact) mass is 582 g/mol. The number of hydrogen-bond acceptors (Lipinski definition) is 6. The van der Waals surface area contributed by atoms with Crippen LogP contribution in [0.15, 0.2) is 55.1 Å². The fourth-order valence-electron chi connectivity index (χ4n) is 8.09. The number of benzene rings is 2. The number of likely N-dealkylation sites (N-methyl/N-ethyl adjacent to an activating group) is 1. The Balaban J connectivity index is 1.39. The molecule has 5 atom stereocenters. The zero-order chi connectivity index (χ0) is 30.0. The lowest BCUT2D eigenvalue weighted by molar-refractivity contribution is -0.222. The van der Waals surface area contributed by atoms with E-state index in [1.807, 2.05) is 12.1 Å². The molecule has 6 rings (SSSR count). The summed E-state index contributed by atoms with van der Waals surface area (Å²) in [6, 6.07) is 7.72. The van der Waals surface area contributed by atoms with Crippen LogP contribution in [0.1, 0.15) is 48.4 Å². The number of amides is 1. The van der Waals surface area contributed by atoms with Crippen LogP contribution in [0.2, 0.25) is 0 Å². The molecule has 1 N–H and O–H groups in total. The molecule has 1 amide bonds. The van der Waals surface area contributed by atoms with E-state index in [-0.39, 0.29) is 17.4 Å². The van der Waals surface area contributed by atoms with E-state index >= 15 is 0 Å². The van der Waals surface area contributed by atoms with Crippen molar-refractivity contribution in [2.45, 2.75) is 68.0 Å². The number of likely N-dealkylation sites (tertiary alicyclic amines) is 1. The number of alkyl halides is 3. The molecular formula is C32H33F3N2O5. The van der Waals surface area contributed by atoms with Crippen LogP contribution >= 0.6 is 0 Å². The smallest absolute Gasteiger partial charge is 0.416 e. The van der Waals surface area contributed by atoms with Crippen LogP contribution in [-0.4, -0.2) is 70.7 Å². The molecule has 1 saturated carbocycles. The first-order chi connectivity index (χ1) is 19.9. The van der Waals surface area contributed by atoms with Crippen LogP contribution in [-0.2, 0) is 32.3 Å². The summed E-state index contributed by atoms with van der Waals surface area (Å²) in [7, 11) is 1.65. The molecule has 4 aliphatic rings. The highest BCUT2D eigenvalue weighted by Gasteiger charge is 2.75. The van der Waals surface area contributed by atoms with E-state index in [0.717, 1.165) is 23.3 Å². The fourth-order valence-corrected chi connectivity index (χ4v) is 8.09. The molecule has 2 aliphatic carbocycles. The van der Waals surface area contributed by atoms with Crippen molar-refractivity contribution in [1.82, 2.24) is 9.80 Å². The number of halogens is 3. The fraction of sp³-hybridized carbons (Fsp3) is 0.438. The van der Waals surface area contributed by atoms with E-state index in [0.29, 0.717) is 44.5 Å².